The first kappa shape index (κ1) is 14.0. The van der Waals surface area contributed by atoms with Gasteiger partial charge in [-0.2, -0.15) is 0 Å². The molecule has 0 fully saturated rings. The summed E-state index contributed by atoms with van der Waals surface area (Å²) >= 11 is 0. The van der Waals surface area contributed by atoms with Crippen molar-refractivity contribution in [1.82, 2.24) is 10.3 Å². The smallest absolute Gasteiger partial charge is 0.114 e. The molecule has 0 saturated carbocycles. The minimum Gasteiger partial charge on any atom is -0.364 e. The summed E-state index contributed by atoms with van der Waals surface area (Å²) in [6, 6.07) is 18.8. The number of H-pyrrole nitrogens is 1. The lowest BCUT2D eigenvalue weighted by Crippen LogP contribution is -2.40. The molecule has 0 bridgehead atoms. The number of rotatable bonds is 4. The highest BCUT2D eigenvalue weighted by molar-refractivity contribution is 5.90. The van der Waals surface area contributed by atoms with Crippen LogP contribution in [-0.2, 0) is 6.42 Å². The van der Waals surface area contributed by atoms with Crippen molar-refractivity contribution >= 4 is 16.7 Å². The fourth-order valence-corrected chi connectivity index (χ4v) is 3.19. The van der Waals surface area contributed by atoms with Crippen LogP contribution in [0.25, 0.3) is 10.9 Å². The molecule has 4 nitrogen and oxygen atoms in total. The van der Waals surface area contributed by atoms with Crippen molar-refractivity contribution in [1.29, 1.82) is 0 Å². The summed E-state index contributed by atoms with van der Waals surface area (Å²) < 4.78 is 0. The Labute approximate surface area is 135 Å². The normalized spacial score (nSPS) is 18.7. The molecule has 1 aliphatic rings. The van der Waals surface area contributed by atoms with E-state index in [9.17, 15) is 0 Å². The molecule has 0 amide bonds. The van der Waals surface area contributed by atoms with Gasteiger partial charge in [-0.1, -0.05) is 48.5 Å². The minimum absolute atomic E-state index is 0.108. The molecule has 0 saturated heterocycles. The second-order valence-corrected chi connectivity index (χ2v) is 6.00. The summed E-state index contributed by atoms with van der Waals surface area (Å²) in [7, 11) is 0. The van der Waals surface area contributed by atoms with E-state index in [1.54, 1.807) is 0 Å². The fraction of sp³-hybridized carbons (Fsp3) is 0.211. The SMILES string of the molecule is N[C@H](Cc1c[nH]c2ccccc12)C1=NCC(c2ccccc2)N1. The van der Waals surface area contributed by atoms with E-state index in [4.69, 9.17) is 5.73 Å². The lowest BCUT2D eigenvalue weighted by molar-refractivity contribution is 0.695. The summed E-state index contributed by atoms with van der Waals surface area (Å²) in [4.78, 5) is 7.93. The van der Waals surface area contributed by atoms with Gasteiger partial charge in [-0.25, -0.2) is 0 Å². The van der Waals surface area contributed by atoms with Crippen LogP contribution in [0.3, 0.4) is 0 Å². The second-order valence-electron chi connectivity index (χ2n) is 6.00. The van der Waals surface area contributed by atoms with Crippen molar-refractivity contribution < 1.29 is 0 Å². The maximum absolute atomic E-state index is 6.39. The predicted molar refractivity (Wildman–Crippen MR) is 94.6 cm³/mol. The predicted octanol–water partition coefficient (Wildman–Crippen LogP) is 2.78. The Balaban J connectivity index is 1.47. The maximum Gasteiger partial charge on any atom is 0.114 e. The third-order valence-electron chi connectivity index (χ3n) is 4.43. The average Bonchev–Trinajstić information content (AvgIpc) is 3.24. The summed E-state index contributed by atoms with van der Waals surface area (Å²) in [5.41, 5.74) is 10.0. The van der Waals surface area contributed by atoms with Crippen LogP contribution in [0.1, 0.15) is 17.2 Å². The maximum atomic E-state index is 6.39. The number of nitrogens with zero attached hydrogens (tertiary/aromatic N) is 1. The van der Waals surface area contributed by atoms with Gasteiger partial charge in [0.25, 0.3) is 0 Å². The van der Waals surface area contributed by atoms with Gasteiger partial charge in [0.15, 0.2) is 0 Å². The van der Waals surface area contributed by atoms with E-state index in [-0.39, 0.29) is 12.1 Å². The van der Waals surface area contributed by atoms with Crippen LogP contribution in [-0.4, -0.2) is 23.4 Å². The Hall–Kier alpha value is -2.59. The summed E-state index contributed by atoms with van der Waals surface area (Å²) in [5, 5.41) is 4.72. The van der Waals surface area contributed by atoms with E-state index < -0.39 is 0 Å². The van der Waals surface area contributed by atoms with E-state index in [0.717, 1.165) is 24.3 Å². The molecule has 4 rings (SSSR count). The van der Waals surface area contributed by atoms with Gasteiger partial charge in [0.05, 0.1) is 18.6 Å². The molecule has 0 spiro atoms. The fourth-order valence-electron chi connectivity index (χ4n) is 3.19. The number of nitrogens with one attached hydrogen (secondary N) is 2. The number of aromatic amines is 1. The Morgan fingerprint density at radius 3 is 2.74 bits per heavy atom. The van der Waals surface area contributed by atoms with Crippen LogP contribution in [0.15, 0.2) is 65.8 Å². The number of amidine groups is 1. The first-order valence-electron chi connectivity index (χ1n) is 7.97. The molecule has 23 heavy (non-hydrogen) atoms. The van der Waals surface area contributed by atoms with Crippen LogP contribution in [0.5, 0.6) is 0 Å². The first-order valence-corrected chi connectivity index (χ1v) is 7.97. The standard InChI is InChI=1S/C19H20N4/c20-16(10-14-11-21-17-9-5-4-8-15(14)17)19-22-12-18(23-19)13-6-2-1-3-7-13/h1-9,11,16,18,21H,10,12,20H2,(H,22,23)/t16-,18?/m1/s1. The third-order valence-corrected chi connectivity index (χ3v) is 4.43. The van der Waals surface area contributed by atoms with E-state index in [2.05, 4.69) is 64.0 Å². The number of para-hydroxylation sites is 1. The molecule has 2 heterocycles. The Morgan fingerprint density at radius 2 is 1.87 bits per heavy atom. The lowest BCUT2D eigenvalue weighted by Gasteiger charge is -2.16. The summed E-state index contributed by atoms with van der Waals surface area (Å²) in [6.07, 6.45) is 2.83. The van der Waals surface area contributed by atoms with Crippen molar-refractivity contribution in [3.8, 4) is 0 Å². The van der Waals surface area contributed by atoms with Crippen LogP contribution in [0, 0.1) is 0 Å². The zero-order chi connectivity index (χ0) is 15.6. The molecule has 2 aromatic carbocycles. The van der Waals surface area contributed by atoms with Gasteiger partial charge in [0, 0.05) is 17.1 Å². The number of fused-ring (bicyclic) bond motifs is 1. The van der Waals surface area contributed by atoms with E-state index in [0.29, 0.717) is 0 Å². The number of benzene rings is 2. The van der Waals surface area contributed by atoms with Gasteiger partial charge in [-0.05, 0) is 23.6 Å². The molecule has 4 N–H and O–H groups in total. The third kappa shape index (κ3) is 2.73. The zero-order valence-corrected chi connectivity index (χ0v) is 12.9. The van der Waals surface area contributed by atoms with E-state index >= 15 is 0 Å². The molecule has 2 atom stereocenters. The number of aliphatic imine (C=N–C) groups is 1. The molecule has 3 aromatic rings. The van der Waals surface area contributed by atoms with Crippen molar-refractivity contribution in [2.45, 2.75) is 18.5 Å². The molecule has 0 aliphatic carbocycles. The van der Waals surface area contributed by atoms with Gasteiger partial charge in [0.1, 0.15) is 5.84 Å². The molecule has 1 unspecified atom stereocenters. The Kier molecular flexibility index (Phi) is 3.60. The van der Waals surface area contributed by atoms with Crippen LogP contribution in [0.2, 0.25) is 0 Å². The molecule has 1 aliphatic heterocycles. The van der Waals surface area contributed by atoms with Crippen LogP contribution < -0.4 is 11.1 Å². The molecule has 116 valence electrons. The Morgan fingerprint density at radius 1 is 1.09 bits per heavy atom. The highest BCUT2D eigenvalue weighted by Crippen LogP contribution is 2.21. The van der Waals surface area contributed by atoms with Gasteiger partial charge >= 0.3 is 0 Å². The number of hydrogen-bond acceptors (Lipinski definition) is 3. The molecule has 0 radical (unpaired) electrons. The van der Waals surface area contributed by atoms with Crippen molar-refractivity contribution in [2.75, 3.05) is 6.54 Å². The first-order chi connectivity index (χ1) is 11.3. The van der Waals surface area contributed by atoms with Gasteiger partial charge in [-0.3, -0.25) is 4.99 Å². The van der Waals surface area contributed by atoms with Crippen LogP contribution >= 0.6 is 0 Å². The van der Waals surface area contributed by atoms with Gasteiger partial charge in [-0.15, -0.1) is 0 Å². The highest BCUT2D eigenvalue weighted by atomic mass is 15.1. The summed E-state index contributed by atoms with van der Waals surface area (Å²) in [5.74, 6) is 0.907. The van der Waals surface area contributed by atoms with Crippen LogP contribution in [0.4, 0.5) is 0 Å². The van der Waals surface area contributed by atoms with Crippen molar-refractivity contribution in [3.63, 3.8) is 0 Å². The Bertz CT molecular complexity index is 835. The number of nitrogens with two attached hydrogens (primary N) is 1. The average molecular weight is 304 g/mol. The van der Waals surface area contributed by atoms with Gasteiger partial charge in [0.2, 0.25) is 0 Å². The van der Waals surface area contributed by atoms with E-state index in [1.165, 1.54) is 16.5 Å². The quantitative estimate of drug-likeness (QED) is 0.694. The van der Waals surface area contributed by atoms with E-state index in [1.807, 2.05) is 12.1 Å². The molecular formula is C19H20N4. The van der Waals surface area contributed by atoms with Gasteiger partial charge < -0.3 is 16.0 Å². The molecule has 4 heteroatoms. The summed E-state index contributed by atoms with van der Waals surface area (Å²) in [6.45, 7) is 0.751. The van der Waals surface area contributed by atoms with Crippen molar-refractivity contribution in [2.24, 2.45) is 10.7 Å². The number of aromatic nitrogens is 1. The second kappa shape index (κ2) is 5.89. The topological polar surface area (TPSA) is 66.2 Å². The largest absolute Gasteiger partial charge is 0.364 e. The molecular weight excluding hydrogens is 284 g/mol. The van der Waals surface area contributed by atoms with Crippen molar-refractivity contribution in [3.05, 3.63) is 71.9 Å². The lowest BCUT2D eigenvalue weighted by atomic mass is 10.0. The minimum atomic E-state index is -0.108. The zero-order valence-electron chi connectivity index (χ0n) is 12.9. The molecule has 1 aromatic heterocycles. The number of hydrogen-bond donors (Lipinski definition) is 3. The monoisotopic (exact) mass is 304 g/mol. The highest BCUT2D eigenvalue weighted by Gasteiger charge is 2.23.